The van der Waals surface area contributed by atoms with Crippen LogP contribution in [0.3, 0.4) is 0 Å². The maximum absolute atomic E-state index is 14.5. The Balaban J connectivity index is 1.34. The minimum absolute atomic E-state index is 0.0618. The second-order valence-corrected chi connectivity index (χ2v) is 11.1. The van der Waals surface area contributed by atoms with E-state index in [1.54, 1.807) is 48.5 Å². The minimum atomic E-state index is -4.01. The summed E-state index contributed by atoms with van der Waals surface area (Å²) in [6.07, 6.45) is 0. The topological polar surface area (TPSA) is 139 Å². The van der Waals surface area contributed by atoms with Crippen molar-refractivity contribution in [3.63, 3.8) is 0 Å². The number of carbonyl (C=O) groups is 2. The van der Waals surface area contributed by atoms with E-state index in [0.29, 0.717) is 22.5 Å². The van der Waals surface area contributed by atoms with Crippen LogP contribution in [0.5, 0.6) is 0 Å². The van der Waals surface area contributed by atoms with Crippen molar-refractivity contribution in [2.75, 3.05) is 38.2 Å². The van der Waals surface area contributed by atoms with Crippen molar-refractivity contribution in [3.8, 4) is 28.5 Å². The van der Waals surface area contributed by atoms with Crippen molar-refractivity contribution in [1.29, 1.82) is 5.26 Å². The molecule has 0 bridgehead atoms. The number of morpholine rings is 1. The summed E-state index contributed by atoms with van der Waals surface area (Å²) in [5.41, 5.74) is 1.24. The molecule has 0 saturated carbocycles. The summed E-state index contributed by atoms with van der Waals surface area (Å²) in [7, 11) is -4.01. The van der Waals surface area contributed by atoms with Gasteiger partial charge in [-0.2, -0.15) is 9.57 Å². The molecule has 1 aromatic heterocycles. The third-order valence-corrected chi connectivity index (χ3v) is 8.37. The smallest absolute Gasteiger partial charge is 0.341 e. The lowest BCUT2D eigenvalue weighted by molar-refractivity contribution is -0.119. The number of anilines is 1. The van der Waals surface area contributed by atoms with E-state index in [0.717, 1.165) is 18.2 Å². The predicted octanol–water partition coefficient (Wildman–Crippen LogP) is 4.44. The summed E-state index contributed by atoms with van der Waals surface area (Å²) in [6, 6.07) is 22.9. The van der Waals surface area contributed by atoms with Crippen LogP contribution >= 0.6 is 0 Å². The summed E-state index contributed by atoms with van der Waals surface area (Å²) in [5.74, 6) is -2.91. The molecule has 214 valence electrons. The van der Waals surface area contributed by atoms with Crippen LogP contribution < -0.4 is 5.32 Å². The fourth-order valence-electron chi connectivity index (χ4n) is 4.43. The Bertz CT molecular complexity index is 1760. The lowest BCUT2D eigenvalue weighted by atomic mass is 9.98. The van der Waals surface area contributed by atoms with Crippen LogP contribution in [0.2, 0.25) is 0 Å². The normalized spacial score (nSPS) is 13.7. The molecule has 10 nitrogen and oxygen atoms in total. The van der Waals surface area contributed by atoms with Crippen LogP contribution in [-0.4, -0.2) is 57.5 Å². The lowest BCUT2D eigenvalue weighted by Crippen LogP contribution is -2.40. The fraction of sp³-hybridized carbons (Fsp3) is 0.167. The Hall–Kier alpha value is -4.83. The number of hydrogen-bond donors (Lipinski definition) is 1. The molecule has 2 heterocycles. The molecule has 0 atom stereocenters. The Morgan fingerprint density at radius 1 is 0.976 bits per heavy atom. The molecular weight excluding hydrogens is 565 g/mol. The molecule has 1 saturated heterocycles. The third kappa shape index (κ3) is 5.94. The van der Waals surface area contributed by atoms with Crippen molar-refractivity contribution in [2.45, 2.75) is 4.90 Å². The highest BCUT2D eigenvalue weighted by atomic mass is 32.2. The number of esters is 1. The number of ether oxygens (including phenoxy) is 2. The van der Waals surface area contributed by atoms with Crippen LogP contribution in [0.25, 0.3) is 22.5 Å². The van der Waals surface area contributed by atoms with Gasteiger partial charge in [0, 0.05) is 24.2 Å². The van der Waals surface area contributed by atoms with Gasteiger partial charge in [-0.25, -0.2) is 17.6 Å². The van der Waals surface area contributed by atoms with Gasteiger partial charge < -0.3 is 13.9 Å². The molecule has 0 spiro atoms. The highest BCUT2D eigenvalue weighted by molar-refractivity contribution is 7.89. The zero-order valence-corrected chi connectivity index (χ0v) is 22.9. The van der Waals surface area contributed by atoms with Gasteiger partial charge >= 0.3 is 5.97 Å². The van der Waals surface area contributed by atoms with Gasteiger partial charge in [0.25, 0.3) is 5.91 Å². The number of carbonyl (C=O) groups excluding carboxylic acids is 2. The van der Waals surface area contributed by atoms with Gasteiger partial charge in [-0.3, -0.25) is 10.1 Å². The molecule has 1 amide bonds. The van der Waals surface area contributed by atoms with E-state index in [2.05, 4.69) is 11.4 Å². The summed E-state index contributed by atoms with van der Waals surface area (Å²) >= 11 is 0. The molecule has 1 aliphatic rings. The molecule has 0 aliphatic carbocycles. The van der Waals surface area contributed by atoms with Crippen molar-refractivity contribution in [2.24, 2.45) is 0 Å². The Labute approximate surface area is 240 Å². The summed E-state index contributed by atoms with van der Waals surface area (Å²) in [4.78, 5) is 25.2. The molecule has 42 heavy (non-hydrogen) atoms. The van der Waals surface area contributed by atoms with E-state index in [4.69, 9.17) is 13.9 Å². The zero-order chi connectivity index (χ0) is 29.7. The van der Waals surface area contributed by atoms with Crippen LogP contribution in [0.15, 0.2) is 88.2 Å². The number of rotatable bonds is 8. The Morgan fingerprint density at radius 2 is 1.62 bits per heavy atom. The molecule has 1 N–H and O–H groups in total. The number of amides is 1. The van der Waals surface area contributed by atoms with E-state index in [1.807, 2.05) is 12.1 Å². The number of benzene rings is 3. The van der Waals surface area contributed by atoms with Gasteiger partial charge in [0.1, 0.15) is 23.2 Å². The SMILES string of the molecule is N#Cc1c(NC(=O)COC(=O)c2cc(S(=O)(=O)N3CCOCC3)ccc2F)oc(-c2ccccc2)c1-c1ccccc1. The predicted molar refractivity (Wildman–Crippen MR) is 149 cm³/mol. The fourth-order valence-corrected chi connectivity index (χ4v) is 5.86. The van der Waals surface area contributed by atoms with Crippen LogP contribution in [-0.2, 0) is 24.3 Å². The highest BCUT2D eigenvalue weighted by Crippen LogP contribution is 2.41. The molecule has 12 heteroatoms. The Kier molecular flexibility index (Phi) is 8.44. The minimum Gasteiger partial charge on any atom is -0.452 e. The first-order chi connectivity index (χ1) is 20.3. The number of nitrogens with zero attached hydrogens (tertiary/aromatic N) is 2. The number of hydrogen-bond acceptors (Lipinski definition) is 8. The first-order valence-electron chi connectivity index (χ1n) is 12.8. The molecule has 5 rings (SSSR count). The van der Waals surface area contributed by atoms with Crippen molar-refractivity contribution < 1.29 is 36.3 Å². The zero-order valence-electron chi connectivity index (χ0n) is 22.1. The highest BCUT2D eigenvalue weighted by Gasteiger charge is 2.29. The Morgan fingerprint density at radius 3 is 2.26 bits per heavy atom. The number of nitriles is 1. The van der Waals surface area contributed by atoms with Gasteiger partial charge in [0.05, 0.1) is 23.7 Å². The first-order valence-corrected chi connectivity index (χ1v) is 14.3. The molecule has 1 fully saturated rings. The number of nitrogens with one attached hydrogen (secondary N) is 1. The maximum Gasteiger partial charge on any atom is 0.341 e. The lowest BCUT2D eigenvalue weighted by Gasteiger charge is -2.26. The molecule has 0 unspecified atom stereocenters. The van der Waals surface area contributed by atoms with Crippen molar-refractivity contribution >= 4 is 27.8 Å². The van der Waals surface area contributed by atoms with Crippen LogP contribution in [0, 0.1) is 17.1 Å². The van der Waals surface area contributed by atoms with Crippen LogP contribution in [0.1, 0.15) is 15.9 Å². The number of furan rings is 1. The van der Waals surface area contributed by atoms with Gasteiger partial charge in [-0.05, 0) is 23.8 Å². The summed E-state index contributed by atoms with van der Waals surface area (Å²) in [5, 5.41) is 12.4. The molecule has 0 radical (unpaired) electrons. The molecule has 1 aliphatic heterocycles. The van der Waals surface area contributed by atoms with Crippen LogP contribution in [0.4, 0.5) is 10.3 Å². The van der Waals surface area contributed by atoms with Crippen molar-refractivity contribution in [3.05, 3.63) is 95.8 Å². The third-order valence-electron chi connectivity index (χ3n) is 6.47. The maximum atomic E-state index is 14.5. The average molecular weight is 590 g/mol. The van der Waals surface area contributed by atoms with Gasteiger partial charge in [0.15, 0.2) is 6.61 Å². The number of halogens is 1. The van der Waals surface area contributed by atoms with Gasteiger partial charge in [-0.15, -0.1) is 0 Å². The summed E-state index contributed by atoms with van der Waals surface area (Å²) in [6.45, 7) is -0.184. The largest absolute Gasteiger partial charge is 0.452 e. The second kappa shape index (κ2) is 12.4. The molecule has 3 aromatic carbocycles. The standard InChI is InChI=1S/C30H24FN3O7S/c31-25-12-11-22(42(37,38)34-13-15-39-16-14-34)17-23(25)30(36)40-19-26(35)33-29-24(18-32)27(20-7-3-1-4-8-20)28(41-29)21-9-5-2-6-10-21/h1-12,17H,13-16,19H2,(H,33,35). The van der Waals surface area contributed by atoms with Crippen molar-refractivity contribution in [1.82, 2.24) is 4.31 Å². The van der Waals surface area contributed by atoms with E-state index >= 15 is 0 Å². The van der Waals surface area contributed by atoms with E-state index in [-0.39, 0.29) is 42.6 Å². The molecular formula is C30H24FN3O7S. The van der Waals surface area contributed by atoms with E-state index in [1.165, 1.54) is 4.31 Å². The molecule has 4 aromatic rings. The first kappa shape index (κ1) is 28.7. The summed E-state index contributed by atoms with van der Waals surface area (Å²) < 4.78 is 57.7. The average Bonchev–Trinajstić information content (AvgIpc) is 3.39. The van der Waals surface area contributed by atoms with E-state index in [9.17, 15) is 27.7 Å². The number of sulfonamides is 1. The van der Waals surface area contributed by atoms with Gasteiger partial charge in [-0.1, -0.05) is 60.7 Å². The van der Waals surface area contributed by atoms with E-state index < -0.39 is 39.9 Å². The van der Waals surface area contributed by atoms with Gasteiger partial charge in [0.2, 0.25) is 15.9 Å². The monoisotopic (exact) mass is 589 g/mol. The quantitative estimate of drug-likeness (QED) is 0.298. The second-order valence-electron chi connectivity index (χ2n) is 9.14.